The average Bonchev–Trinajstić information content (AvgIpc) is 3.18. The maximum Gasteiger partial charge on any atom is 0.416 e. The average molecular weight is 445 g/mol. The van der Waals surface area contributed by atoms with Gasteiger partial charge in [0.15, 0.2) is 0 Å². The monoisotopic (exact) mass is 444 g/mol. The summed E-state index contributed by atoms with van der Waals surface area (Å²) in [5.41, 5.74) is 2.31. The zero-order valence-corrected chi connectivity index (χ0v) is 18.9. The van der Waals surface area contributed by atoms with E-state index >= 15 is 0 Å². The third-order valence-corrected chi connectivity index (χ3v) is 5.50. The van der Waals surface area contributed by atoms with Gasteiger partial charge in [-0.15, -0.1) is 0 Å². The summed E-state index contributed by atoms with van der Waals surface area (Å²) in [5, 5.41) is 0. The first-order valence-corrected chi connectivity index (χ1v) is 10.9. The van der Waals surface area contributed by atoms with Crippen LogP contribution in [0.1, 0.15) is 42.7 Å². The van der Waals surface area contributed by atoms with E-state index in [1.54, 1.807) is 13.2 Å². The highest BCUT2D eigenvalue weighted by Crippen LogP contribution is 2.29. The van der Waals surface area contributed by atoms with Crippen LogP contribution < -0.4 is 4.74 Å². The van der Waals surface area contributed by atoms with Crippen LogP contribution in [0.2, 0.25) is 0 Å². The lowest BCUT2D eigenvalue weighted by Crippen LogP contribution is -2.26. The van der Waals surface area contributed by atoms with Gasteiger partial charge in [-0.3, -0.25) is 4.90 Å². The quantitative estimate of drug-likeness (QED) is 0.350. The van der Waals surface area contributed by atoms with E-state index in [2.05, 4.69) is 30.9 Å². The predicted molar refractivity (Wildman–Crippen MR) is 122 cm³/mol. The highest BCUT2D eigenvalue weighted by atomic mass is 19.4. The largest absolute Gasteiger partial charge is 0.497 e. The Morgan fingerprint density at radius 1 is 0.938 bits per heavy atom. The molecule has 2 aromatic carbocycles. The second-order valence-corrected chi connectivity index (χ2v) is 8.57. The van der Waals surface area contributed by atoms with Crippen LogP contribution in [0.5, 0.6) is 5.75 Å². The minimum atomic E-state index is -4.33. The molecule has 3 aromatic rings. The Balaban J connectivity index is 1.74. The van der Waals surface area contributed by atoms with Gasteiger partial charge in [0.25, 0.3) is 0 Å². The Kier molecular flexibility index (Phi) is 8.02. The van der Waals surface area contributed by atoms with Gasteiger partial charge in [-0.05, 0) is 66.4 Å². The van der Waals surface area contributed by atoms with E-state index in [9.17, 15) is 13.2 Å². The third kappa shape index (κ3) is 6.89. The normalized spacial score (nSPS) is 12.0. The van der Waals surface area contributed by atoms with Crippen LogP contribution in [0.4, 0.5) is 13.2 Å². The summed E-state index contributed by atoms with van der Waals surface area (Å²) in [4.78, 5) is 2.39. The molecule has 0 aliphatic heterocycles. The number of benzene rings is 2. The SMILES string of the molecule is COc1ccc(CN(CCC(C)C)Cc2cccn2Cc2cccc(C(F)(F)F)c2)cc1. The topological polar surface area (TPSA) is 17.4 Å². The van der Waals surface area contributed by atoms with E-state index in [1.165, 1.54) is 17.7 Å². The van der Waals surface area contributed by atoms with Gasteiger partial charge in [0.05, 0.1) is 12.7 Å². The lowest BCUT2D eigenvalue weighted by atomic mass is 10.1. The standard InChI is InChI=1S/C26H31F3N2O/c1-20(2)13-15-30(17-21-9-11-25(32-3)12-10-21)19-24-8-5-14-31(24)18-22-6-4-7-23(16-22)26(27,28)29/h4-12,14,16,20H,13,15,17-19H2,1-3H3. The smallest absolute Gasteiger partial charge is 0.416 e. The molecule has 0 spiro atoms. The third-order valence-electron chi connectivity index (χ3n) is 5.50. The van der Waals surface area contributed by atoms with Crippen molar-refractivity contribution < 1.29 is 17.9 Å². The lowest BCUT2D eigenvalue weighted by Gasteiger charge is -2.24. The lowest BCUT2D eigenvalue weighted by molar-refractivity contribution is -0.137. The summed E-state index contributed by atoms with van der Waals surface area (Å²) in [6.07, 6.45) is -1.32. The van der Waals surface area contributed by atoms with Crippen LogP contribution in [0, 0.1) is 5.92 Å². The summed E-state index contributed by atoms with van der Waals surface area (Å²) in [7, 11) is 1.66. The number of ether oxygens (including phenoxy) is 1. The highest BCUT2D eigenvalue weighted by molar-refractivity contribution is 5.28. The zero-order valence-electron chi connectivity index (χ0n) is 18.9. The van der Waals surface area contributed by atoms with Gasteiger partial charge in [0.1, 0.15) is 5.75 Å². The fourth-order valence-corrected chi connectivity index (χ4v) is 3.66. The Morgan fingerprint density at radius 3 is 2.34 bits per heavy atom. The minimum absolute atomic E-state index is 0.410. The van der Waals surface area contributed by atoms with Gasteiger partial charge in [-0.1, -0.05) is 38.1 Å². The molecule has 0 atom stereocenters. The van der Waals surface area contributed by atoms with Crippen LogP contribution >= 0.6 is 0 Å². The summed E-state index contributed by atoms with van der Waals surface area (Å²) in [6, 6.07) is 17.6. The molecule has 1 heterocycles. The molecule has 3 rings (SSSR count). The van der Waals surface area contributed by atoms with E-state index < -0.39 is 11.7 Å². The van der Waals surface area contributed by atoms with Gasteiger partial charge in [0.2, 0.25) is 0 Å². The van der Waals surface area contributed by atoms with Gasteiger partial charge >= 0.3 is 6.18 Å². The number of rotatable bonds is 10. The fourth-order valence-electron chi connectivity index (χ4n) is 3.66. The van der Waals surface area contributed by atoms with Crippen molar-refractivity contribution in [3.8, 4) is 5.75 Å². The maximum atomic E-state index is 13.1. The molecule has 0 unspecified atom stereocenters. The molecule has 0 amide bonds. The van der Waals surface area contributed by atoms with Gasteiger partial charge < -0.3 is 9.30 Å². The molecule has 0 N–H and O–H groups in total. The molecule has 172 valence electrons. The number of aromatic nitrogens is 1. The van der Waals surface area contributed by atoms with E-state index in [0.717, 1.165) is 43.6 Å². The molecule has 3 nitrogen and oxygen atoms in total. The molecule has 0 saturated carbocycles. The van der Waals surface area contributed by atoms with Crippen LogP contribution in [0.3, 0.4) is 0 Å². The second kappa shape index (κ2) is 10.7. The maximum absolute atomic E-state index is 13.1. The van der Waals surface area contributed by atoms with Crippen LogP contribution in [-0.2, 0) is 25.8 Å². The number of nitrogens with zero attached hydrogens (tertiary/aromatic N) is 2. The Bertz CT molecular complexity index is 977. The second-order valence-electron chi connectivity index (χ2n) is 8.57. The molecule has 6 heteroatoms. The number of hydrogen-bond acceptors (Lipinski definition) is 2. The molecule has 1 aromatic heterocycles. The van der Waals surface area contributed by atoms with E-state index in [0.29, 0.717) is 18.0 Å². The van der Waals surface area contributed by atoms with Crippen molar-refractivity contribution in [3.63, 3.8) is 0 Å². The van der Waals surface area contributed by atoms with Crippen molar-refractivity contribution in [2.24, 2.45) is 5.92 Å². The van der Waals surface area contributed by atoms with Gasteiger partial charge in [-0.2, -0.15) is 13.2 Å². The van der Waals surface area contributed by atoms with Crippen molar-refractivity contribution in [3.05, 3.63) is 89.2 Å². The predicted octanol–water partition coefficient (Wildman–Crippen LogP) is 6.61. The summed E-state index contributed by atoms with van der Waals surface area (Å²) < 4.78 is 46.5. The van der Waals surface area contributed by atoms with Crippen LogP contribution in [-0.4, -0.2) is 23.1 Å². The van der Waals surface area contributed by atoms with Crippen molar-refractivity contribution in [1.82, 2.24) is 9.47 Å². The number of hydrogen-bond donors (Lipinski definition) is 0. The first-order valence-electron chi connectivity index (χ1n) is 10.9. The molecular weight excluding hydrogens is 413 g/mol. The van der Waals surface area contributed by atoms with Crippen LogP contribution in [0.15, 0.2) is 66.9 Å². The van der Waals surface area contributed by atoms with Crippen LogP contribution in [0.25, 0.3) is 0 Å². The molecule has 0 aliphatic rings. The highest BCUT2D eigenvalue weighted by Gasteiger charge is 2.30. The molecule has 32 heavy (non-hydrogen) atoms. The van der Waals surface area contributed by atoms with Crippen molar-refractivity contribution in [1.29, 1.82) is 0 Å². The molecular formula is C26H31F3N2O. The summed E-state index contributed by atoms with van der Waals surface area (Å²) in [5.74, 6) is 1.42. The number of methoxy groups -OCH3 is 1. The van der Waals surface area contributed by atoms with Crippen molar-refractivity contribution in [2.45, 2.75) is 46.1 Å². The molecule has 0 bridgehead atoms. The number of alkyl halides is 3. The summed E-state index contributed by atoms with van der Waals surface area (Å²) in [6.45, 7) is 7.30. The zero-order chi connectivity index (χ0) is 23.1. The van der Waals surface area contributed by atoms with Gasteiger partial charge in [0, 0.05) is 31.5 Å². The Morgan fingerprint density at radius 2 is 1.69 bits per heavy atom. The van der Waals surface area contributed by atoms with Crippen molar-refractivity contribution >= 4 is 0 Å². The van der Waals surface area contributed by atoms with E-state index in [-0.39, 0.29) is 0 Å². The Hall–Kier alpha value is -2.73. The first kappa shape index (κ1) is 23.9. The molecule has 0 radical (unpaired) electrons. The molecule has 0 saturated heterocycles. The van der Waals surface area contributed by atoms with E-state index in [1.807, 2.05) is 35.0 Å². The molecule has 0 aliphatic carbocycles. The minimum Gasteiger partial charge on any atom is -0.497 e. The first-order chi connectivity index (χ1) is 15.2. The van der Waals surface area contributed by atoms with Gasteiger partial charge in [-0.25, -0.2) is 0 Å². The number of halogens is 3. The fraction of sp³-hybridized carbons (Fsp3) is 0.385. The Labute approximate surface area is 188 Å². The van der Waals surface area contributed by atoms with Crippen molar-refractivity contribution in [2.75, 3.05) is 13.7 Å². The molecule has 0 fully saturated rings. The van der Waals surface area contributed by atoms with E-state index in [4.69, 9.17) is 4.74 Å². The summed E-state index contributed by atoms with van der Waals surface area (Å²) >= 11 is 0.